The van der Waals surface area contributed by atoms with E-state index in [1.165, 1.54) is 11.1 Å². The Morgan fingerprint density at radius 1 is 0.920 bits per heavy atom. The van der Waals surface area contributed by atoms with Crippen molar-refractivity contribution in [2.75, 3.05) is 0 Å². The Morgan fingerprint density at radius 3 is 2.04 bits per heavy atom. The molecular formula is C22H15ClO2. The van der Waals surface area contributed by atoms with E-state index in [1.807, 2.05) is 42.5 Å². The maximum absolute atomic E-state index is 11.8. The fraction of sp³-hybridized carbons (Fsp3) is 0.0455. The number of hydrogen-bond donors (Lipinski definition) is 0. The van der Waals surface area contributed by atoms with Gasteiger partial charge in [0.2, 0.25) is 0 Å². The smallest absolute Gasteiger partial charge is 0.352 e. The molecule has 4 rings (SSSR count). The van der Waals surface area contributed by atoms with Crippen molar-refractivity contribution in [2.24, 2.45) is 0 Å². The second-order valence-electron chi connectivity index (χ2n) is 5.46. The third-order valence-electron chi connectivity index (χ3n) is 3.91. The Kier molecular flexibility index (Phi) is 5.18. The molecule has 122 valence electrons. The summed E-state index contributed by atoms with van der Waals surface area (Å²) in [5.74, 6) is -0.160. The quantitative estimate of drug-likeness (QED) is 0.278. The minimum atomic E-state index is -0.539. The van der Waals surface area contributed by atoms with Gasteiger partial charge in [-0.05, 0) is 39.9 Å². The van der Waals surface area contributed by atoms with Gasteiger partial charge >= 0.3 is 5.97 Å². The van der Waals surface area contributed by atoms with Crippen molar-refractivity contribution in [3.63, 3.8) is 0 Å². The number of hydrogen-bond acceptors (Lipinski definition) is 2. The first-order valence-electron chi connectivity index (χ1n) is 7.74. The van der Waals surface area contributed by atoms with E-state index in [1.54, 1.807) is 12.1 Å². The van der Waals surface area contributed by atoms with Crippen molar-refractivity contribution in [1.29, 1.82) is 0 Å². The second-order valence-corrected chi connectivity index (χ2v) is 5.73. The number of esters is 1. The van der Waals surface area contributed by atoms with Crippen LogP contribution in [-0.4, -0.2) is 5.97 Å². The van der Waals surface area contributed by atoms with Crippen LogP contribution in [0.5, 0.6) is 0 Å². The van der Waals surface area contributed by atoms with Crippen molar-refractivity contribution < 1.29 is 9.53 Å². The highest BCUT2D eigenvalue weighted by molar-refractivity contribution is 6.17. The van der Waals surface area contributed by atoms with Crippen molar-refractivity contribution in [1.82, 2.24) is 0 Å². The second kappa shape index (κ2) is 7.70. The normalized spacial score (nSPS) is 10.1. The summed E-state index contributed by atoms with van der Waals surface area (Å²) in [6.07, 6.45) is 6.90. The van der Waals surface area contributed by atoms with Gasteiger partial charge in [0.1, 0.15) is 6.11 Å². The number of alkyl halides is 1. The van der Waals surface area contributed by atoms with Gasteiger partial charge in [0, 0.05) is 5.88 Å². The van der Waals surface area contributed by atoms with Gasteiger partial charge in [0.15, 0.2) is 0 Å². The molecule has 0 spiro atoms. The first-order chi connectivity index (χ1) is 12.2. The van der Waals surface area contributed by atoms with Crippen LogP contribution in [0.3, 0.4) is 0 Å². The summed E-state index contributed by atoms with van der Waals surface area (Å²) in [5.41, 5.74) is 5.89. The third-order valence-corrected chi connectivity index (χ3v) is 4.22. The summed E-state index contributed by atoms with van der Waals surface area (Å²) in [6, 6.07) is 23.4. The molecule has 0 saturated carbocycles. The molecule has 0 amide bonds. The Hall–Kier alpha value is -3.02. The maximum atomic E-state index is 11.8. The Balaban J connectivity index is 0.000000250. The summed E-state index contributed by atoms with van der Waals surface area (Å²) >= 11 is 5.83. The van der Waals surface area contributed by atoms with Crippen LogP contribution in [0.1, 0.15) is 15.9 Å². The minimum absolute atomic E-state index is 0.379. The predicted octanol–water partition coefficient (Wildman–Crippen LogP) is 5.51. The van der Waals surface area contributed by atoms with Crippen LogP contribution in [0.25, 0.3) is 22.3 Å². The summed E-state index contributed by atoms with van der Waals surface area (Å²) in [7, 11) is 0. The molecule has 0 fully saturated rings. The van der Waals surface area contributed by atoms with Gasteiger partial charge in [-0.15, -0.1) is 11.6 Å². The molecule has 0 aromatic heterocycles. The Labute approximate surface area is 152 Å². The summed E-state index contributed by atoms with van der Waals surface area (Å²) in [6.45, 7) is 0. The van der Waals surface area contributed by atoms with Crippen LogP contribution in [0.4, 0.5) is 0 Å². The zero-order chi connectivity index (χ0) is 17.6. The van der Waals surface area contributed by atoms with Gasteiger partial charge < -0.3 is 4.74 Å². The molecule has 0 N–H and O–H groups in total. The third kappa shape index (κ3) is 3.74. The van der Waals surface area contributed by atoms with E-state index in [4.69, 9.17) is 18.0 Å². The lowest BCUT2D eigenvalue weighted by Crippen LogP contribution is -2.03. The first kappa shape index (κ1) is 16.8. The molecule has 0 bridgehead atoms. The number of rotatable bonds is 3. The molecule has 0 radical (unpaired) electrons. The number of carbonyl (C=O) groups excluding carboxylic acids is 1. The van der Waals surface area contributed by atoms with Gasteiger partial charge in [0.25, 0.3) is 0 Å². The number of ether oxygens (including phenoxy) is 1. The highest BCUT2D eigenvalue weighted by Gasteiger charge is 2.14. The fourth-order valence-corrected chi connectivity index (χ4v) is 2.65. The molecule has 0 atom stereocenters. The number of carbonyl (C=O) groups is 1. The molecule has 3 heteroatoms. The Bertz CT molecular complexity index is 901. The van der Waals surface area contributed by atoms with Crippen molar-refractivity contribution >= 4 is 17.6 Å². The van der Waals surface area contributed by atoms with E-state index in [0.717, 1.165) is 16.7 Å². The zero-order valence-corrected chi connectivity index (χ0v) is 14.2. The highest BCUT2D eigenvalue weighted by Crippen LogP contribution is 2.29. The molecule has 0 aliphatic heterocycles. The standard InChI is InChI=1S/C16H11ClO2.C6H4/c1-2-19-16(18)14-9-8-12(11-17)10-15(14)13-6-4-3-5-7-13;1-2-6-4-3-5(1)6/h1,3-10H,11H2;1-4H. The molecule has 2 aromatic carbocycles. The zero-order valence-electron chi connectivity index (χ0n) is 13.4. The molecule has 2 aromatic rings. The molecule has 25 heavy (non-hydrogen) atoms. The largest absolute Gasteiger partial charge is 0.369 e. The van der Waals surface area contributed by atoms with Gasteiger partial charge in [-0.2, -0.15) is 0 Å². The fourth-order valence-electron chi connectivity index (χ4n) is 2.48. The molecule has 0 heterocycles. The summed E-state index contributed by atoms with van der Waals surface area (Å²) in [5, 5.41) is 0. The van der Waals surface area contributed by atoms with Crippen molar-refractivity contribution in [3.8, 4) is 34.8 Å². The highest BCUT2D eigenvalue weighted by atomic mass is 35.5. The predicted molar refractivity (Wildman–Crippen MR) is 101 cm³/mol. The van der Waals surface area contributed by atoms with Gasteiger partial charge in [0.05, 0.1) is 5.56 Å². The summed E-state index contributed by atoms with van der Waals surface area (Å²) in [4.78, 5) is 11.8. The van der Waals surface area contributed by atoms with E-state index in [2.05, 4.69) is 29.0 Å². The van der Waals surface area contributed by atoms with E-state index in [-0.39, 0.29) is 0 Å². The van der Waals surface area contributed by atoms with Crippen LogP contribution < -0.4 is 0 Å². The topological polar surface area (TPSA) is 26.3 Å². The minimum Gasteiger partial charge on any atom is -0.369 e. The number of halogens is 1. The number of terminal acetylenes is 1. The van der Waals surface area contributed by atoms with Gasteiger partial charge in [-0.25, -0.2) is 4.79 Å². The average molecular weight is 347 g/mol. The van der Waals surface area contributed by atoms with Gasteiger partial charge in [-0.1, -0.05) is 67.1 Å². The number of benzene rings is 3. The van der Waals surface area contributed by atoms with Crippen LogP contribution in [0.2, 0.25) is 0 Å². The van der Waals surface area contributed by atoms with E-state index in [0.29, 0.717) is 11.4 Å². The molecule has 0 unspecified atom stereocenters. The van der Waals surface area contributed by atoms with E-state index in [9.17, 15) is 4.79 Å². The van der Waals surface area contributed by atoms with Crippen LogP contribution in [0, 0.1) is 12.5 Å². The van der Waals surface area contributed by atoms with Crippen molar-refractivity contribution in [2.45, 2.75) is 5.88 Å². The molecular weight excluding hydrogens is 332 g/mol. The first-order valence-corrected chi connectivity index (χ1v) is 8.28. The van der Waals surface area contributed by atoms with Gasteiger partial charge in [-0.3, -0.25) is 0 Å². The lowest BCUT2D eigenvalue weighted by atomic mass is 9.95. The summed E-state index contributed by atoms with van der Waals surface area (Å²) < 4.78 is 4.62. The van der Waals surface area contributed by atoms with E-state index < -0.39 is 5.97 Å². The van der Waals surface area contributed by atoms with E-state index >= 15 is 0 Å². The SMILES string of the molecule is C#COC(=O)c1ccc(CCl)cc1-c1ccccc1.c1cc2ccc1-2. The van der Waals surface area contributed by atoms with Crippen LogP contribution in [-0.2, 0) is 10.6 Å². The molecule has 2 nitrogen and oxygen atoms in total. The van der Waals surface area contributed by atoms with Crippen LogP contribution >= 0.6 is 11.6 Å². The molecule has 0 saturated heterocycles. The Morgan fingerprint density at radius 2 is 1.56 bits per heavy atom. The molecule has 2 aliphatic carbocycles. The lowest BCUT2D eigenvalue weighted by Gasteiger charge is -2.10. The number of fused-ring (bicyclic) bond motifs is 1. The van der Waals surface area contributed by atoms with Crippen LogP contribution in [0.15, 0.2) is 72.8 Å². The monoisotopic (exact) mass is 346 g/mol. The average Bonchev–Trinajstić information content (AvgIpc) is 2.65. The van der Waals surface area contributed by atoms with Crippen molar-refractivity contribution in [3.05, 3.63) is 83.9 Å². The lowest BCUT2D eigenvalue weighted by molar-refractivity contribution is 0.0692. The molecule has 2 aliphatic rings. The maximum Gasteiger partial charge on any atom is 0.352 e.